The van der Waals surface area contributed by atoms with Crippen LogP contribution in [-0.2, 0) is 6.18 Å². The number of H-pyrrole nitrogens is 1. The zero-order valence-electron chi connectivity index (χ0n) is 17.7. The topological polar surface area (TPSA) is 106 Å². The van der Waals surface area contributed by atoms with Crippen LogP contribution in [0.4, 0.5) is 13.2 Å². The first kappa shape index (κ1) is 22.1. The van der Waals surface area contributed by atoms with E-state index in [2.05, 4.69) is 10.2 Å². The van der Waals surface area contributed by atoms with Gasteiger partial charge in [0.1, 0.15) is 11.6 Å². The van der Waals surface area contributed by atoms with Gasteiger partial charge >= 0.3 is 6.18 Å². The van der Waals surface area contributed by atoms with Gasteiger partial charge in [0.05, 0.1) is 36.5 Å². The number of allylic oxidation sites excluding steroid dienone is 1. The molecule has 33 heavy (non-hydrogen) atoms. The summed E-state index contributed by atoms with van der Waals surface area (Å²) in [5, 5.41) is 16.8. The van der Waals surface area contributed by atoms with Crippen LogP contribution < -0.4 is 19.9 Å². The molecule has 2 aromatic carbocycles. The van der Waals surface area contributed by atoms with Crippen LogP contribution in [0, 0.1) is 11.3 Å². The summed E-state index contributed by atoms with van der Waals surface area (Å²) in [5.41, 5.74) is 7.30. The Hall–Kier alpha value is -4.13. The van der Waals surface area contributed by atoms with Crippen molar-refractivity contribution in [2.75, 3.05) is 13.7 Å². The van der Waals surface area contributed by atoms with Gasteiger partial charge in [-0.3, -0.25) is 5.10 Å². The van der Waals surface area contributed by atoms with Gasteiger partial charge in [-0.2, -0.15) is 18.4 Å². The second-order valence-corrected chi connectivity index (χ2v) is 7.16. The molecule has 1 unspecified atom stereocenters. The minimum absolute atomic E-state index is 0.0720. The molecule has 1 aliphatic rings. The molecule has 0 fully saturated rings. The first-order valence-corrected chi connectivity index (χ1v) is 9.92. The van der Waals surface area contributed by atoms with E-state index in [9.17, 15) is 18.4 Å². The van der Waals surface area contributed by atoms with E-state index in [1.165, 1.54) is 19.2 Å². The van der Waals surface area contributed by atoms with Crippen LogP contribution in [0.5, 0.6) is 17.4 Å². The molecule has 1 atom stereocenters. The third-order valence-electron chi connectivity index (χ3n) is 5.26. The van der Waals surface area contributed by atoms with Gasteiger partial charge in [0.2, 0.25) is 11.8 Å². The van der Waals surface area contributed by atoms with Gasteiger partial charge in [-0.25, -0.2) is 0 Å². The Morgan fingerprint density at radius 1 is 1.18 bits per heavy atom. The predicted molar refractivity (Wildman–Crippen MR) is 112 cm³/mol. The lowest BCUT2D eigenvalue weighted by Gasteiger charge is -2.24. The molecule has 3 N–H and O–H groups in total. The quantitative estimate of drug-likeness (QED) is 0.575. The zero-order chi connectivity index (χ0) is 23.8. The van der Waals surface area contributed by atoms with E-state index < -0.39 is 17.7 Å². The van der Waals surface area contributed by atoms with E-state index >= 15 is 0 Å². The van der Waals surface area contributed by atoms with E-state index in [-0.39, 0.29) is 17.3 Å². The molecule has 0 bridgehead atoms. The number of hydrogen-bond acceptors (Lipinski definition) is 6. The number of nitrogens with one attached hydrogen (secondary N) is 1. The SMILES string of the molecule is CCOc1ccc(-c2[nH]nc3c2C(c2ccc(C(F)(F)F)cc2)C(C#N)=C(N)O3)cc1OC. The molecule has 0 radical (unpaired) electrons. The van der Waals surface area contributed by atoms with Crippen LogP contribution in [0.3, 0.4) is 0 Å². The Bertz CT molecular complexity index is 1260. The van der Waals surface area contributed by atoms with E-state index in [0.29, 0.717) is 40.5 Å². The molecule has 170 valence electrons. The van der Waals surface area contributed by atoms with Crippen molar-refractivity contribution in [1.29, 1.82) is 5.26 Å². The molecule has 3 aromatic rings. The van der Waals surface area contributed by atoms with Crippen LogP contribution in [0.1, 0.15) is 29.5 Å². The Labute approximate surface area is 187 Å². The molecular weight excluding hydrogens is 437 g/mol. The average Bonchev–Trinajstić information content (AvgIpc) is 3.21. The van der Waals surface area contributed by atoms with Gasteiger partial charge in [0.25, 0.3) is 0 Å². The number of nitriles is 1. The Balaban J connectivity index is 1.86. The number of fused-ring (bicyclic) bond motifs is 1. The summed E-state index contributed by atoms with van der Waals surface area (Å²) in [4.78, 5) is 0. The van der Waals surface area contributed by atoms with Crippen molar-refractivity contribution in [3.8, 4) is 34.7 Å². The van der Waals surface area contributed by atoms with Crippen LogP contribution >= 0.6 is 0 Å². The minimum Gasteiger partial charge on any atom is -0.493 e. The van der Waals surface area contributed by atoms with Crippen molar-refractivity contribution in [2.45, 2.75) is 19.0 Å². The smallest absolute Gasteiger partial charge is 0.416 e. The molecule has 1 aromatic heterocycles. The third-order valence-corrected chi connectivity index (χ3v) is 5.26. The maximum absolute atomic E-state index is 13.1. The summed E-state index contributed by atoms with van der Waals surface area (Å²) in [6.45, 7) is 2.30. The number of nitrogens with two attached hydrogens (primary N) is 1. The summed E-state index contributed by atoms with van der Waals surface area (Å²) >= 11 is 0. The van der Waals surface area contributed by atoms with E-state index in [1.807, 2.05) is 13.0 Å². The van der Waals surface area contributed by atoms with Gasteiger partial charge in [-0.1, -0.05) is 12.1 Å². The van der Waals surface area contributed by atoms with Crippen LogP contribution in [0.2, 0.25) is 0 Å². The maximum atomic E-state index is 13.1. The number of rotatable bonds is 5. The van der Waals surface area contributed by atoms with Gasteiger partial charge in [0, 0.05) is 5.56 Å². The molecule has 7 nitrogen and oxygen atoms in total. The van der Waals surface area contributed by atoms with Crippen LogP contribution in [0.25, 0.3) is 11.3 Å². The van der Waals surface area contributed by atoms with Crippen molar-refractivity contribution in [3.05, 3.63) is 70.6 Å². The zero-order valence-corrected chi connectivity index (χ0v) is 17.7. The maximum Gasteiger partial charge on any atom is 0.416 e. The fraction of sp³-hybridized carbons (Fsp3) is 0.217. The van der Waals surface area contributed by atoms with Gasteiger partial charge in [-0.05, 0) is 42.8 Å². The van der Waals surface area contributed by atoms with Crippen LogP contribution in [-0.4, -0.2) is 23.9 Å². The first-order valence-electron chi connectivity index (χ1n) is 9.92. The molecule has 1 aliphatic heterocycles. The number of halogens is 3. The van der Waals surface area contributed by atoms with Crippen molar-refractivity contribution in [1.82, 2.24) is 10.2 Å². The van der Waals surface area contributed by atoms with E-state index in [1.54, 1.807) is 18.2 Å². The Morgan fingerprint density at radius 3 is 2.52 bits per heavy atom. The van der Waals surface area contributed by atoms with Crippen molar-refractivity contribution < 1.29 is 27.4 Å². The molecule has 0 spiro atoms. The number of aromatic amines is 1. The lowest BCUT2D eigenvalue weighted by atomic mass is 9.82. The highest BCUT2D eigenvalue weighted by Gasteiger charge is 2.37. The fourth-order valence-electron chi connectivity index (χ4n) is 3.76. The molecule has 2 heterocycles. The Kier molecular flexibility index (Phi) is 5.64. The van der Waals surface area contributed by atoms with Crippen LogP contribution in [0.15, 0.2) is 53.9 Å². The molecular formula is C23H19F3N4O3. The van der Waals surface area contributed by atoms with Crippen molar-refractivity contribution in [3.63, 3.8) is 0 Å². The second kappa shape index (κ2) is 8.43. The van der Waals surface area contributed by atoms with Gasteiger partial charge < -0.3 is 19.9 Å². The minimum atomic E-state index is -4.48. The monoisotopic (exact) mass is 456 g/mol. The van der Waals surface area contributed by atoms with Crippen molar-refractivity contribution >= 4 is 0 Å². The summed E-state index contributed by atoms with van der Waals surface area (Å²) < 4.78 is 55.7. The van der Waals surface area contributed by atoms with Gasteiger partial charge in [0.15, 0.2) is 11.5 Å². The summed E-state index contributed by atoms with van der Waals surface area (Å²) in [6.07, 6.45) is -4.48. The number of methoxy groups -OCH3 is 1. The predicted octanol–water partition coefficient (Wildman–Crippen LogP) is 4.72. The summed E-state index contributed by atoms with van der Waals surface area (Å²) in [6, 6.07) is 11.8. The molecule has 0 amide bonds. The average molecular weight is 456 g/mol. The van der Waals surface area contributed by atoms with E-state index in [0.717, 1.165) is 12.1 Å². The number of aromatic nitrogens is 2. The number of benzene rings is 2. The Morgan fingerprint density at radius 2 is 1.91 bits per heavy atom. The van der Waals surface area contributed by atoms with Gasteiger partial charge in [-0.15, -0.1) is 5.10 Å². The first-order chi connectivity index (χ1) is 15.8. The number of nitrogens with zero attached hydrogens (tertiary/aromatic N) is 2. The molecule has 10 heteroatoms. The van der Waals surface area contributed by atoms with E-state index in [4.69, 9.17) is 19.9 Å². The third kappa shape index (κ3) is 3.93. The molecule has 0 aliphatic carbocycles. The van der Waals surface area contributed by atoms with Crippen molar-refractivity contribution in [2.24, 2.45) is 5.73 Å². The molecule has 0 saturated heterocycles. The molecule has 0 saturated carbocycles. The number of alkyl halides is 3. The highest BCUT2D eigenvalue weighted by Crippen LogP contribution is 2.47. The lowest BCUT2D eigenvalue weighted by molar-refractivity contribution is -0.137. The summed E-state index contributed by atoms with van der Waals surface area (Å²) in [5.74, 6) is 0.231. The fourth-order valence-corrected chi connectivity index (χ4v) is 3.76. The summed E-state index contributed by atoms with van der Waals surface area (Å²) in [7, 11) is 1.51. The largest absolute Gasteiger partial charge is 0.493 e. The normalized spacial score (nSPS) is 15.5. The number of hydrogen-bond donors (Lipinski definition) is 2. The molecule has 4 rings (SSSR count). The number of ether oxygens (including phenoxy) is 3. The highest BCUT2D eigenvalue weighted by atomic mass is 19.4. The highest BCUT2D eigenvalue weighted by molar-refractivity contribution is 5.73. The second-order valence-electron chi connectivity index (χ2n) is 7.16. The standard InChI is InChI=1S/C23H19F3N4O3/c1-3-32-16-9-6-13(10-17(16)31-2)20-19-18(12-4-7-14(8-5-12)23(24,25)26)15(11-27)21(28)33-22(19)30-29-20/h4-10,18H,3,28H2,1-2H3,(H,29,30). The lowest BCUT2D eigenvalue weighted by Crippen LogP contribution is -2.21.